The van der Waals surface area contributed by atoms with E-state index in [2.05, 4.69) is 9.82 Å². The number of thiazole rings is 1. The van der Waals surface area contributed by atoms with Gasteiger partial charge in [-0.15, -0.1) is 11.3 Å². The molecule has 0 fully saturated rings. The molecule has 1 heterocycles. The van der Waals surface area contributed by atoms with Gasteiger partial charge in [0.05, 0.1) is 5.69 Å². The molecule has 0 amide bonds. The van der Waals surface area contributed by atoms with Crippen molar-refractivity contribution in [2.75, 3.05) is 0 Å². The highest BCUT2D eigenvalue weighted by Gasteiger charge is 2.01. The lowest BCUT2D eigenvalue weighted by Crippen LogP contribution is -1.97. The van der Waals surface area contributed by atoms with Gasteiger partial charge in [-0.3, -0.25) is 4.84 Å². The minimum absolute atomic E-state index is 0.416. The van der Waals surface area contributed by atoms with E-state index in [0.29, 0.717) is 6.61 Å². The molecule has 3 nitrogen and oxygen atoms in total. The van der Waals surface area contributed by atoms with E-state index >= 15 is 0 Å². The number of aromatic nitrogens is 1. The normalized spacial score (nSPS) is 10.3. The Hall–Kier alpha value is -0.450. The van der Waals surface area contributed by atoms with Crippen molar-refractivity contribution in [3.63, 3.8) is 0 Å². The van der Waals surface area contributed by atoms with E-state index in [1.807, 2.05) is 13.8 Å². The molecule has 4 heteroatoms. The average molecular weight is 158 g/mol. The molecule has 0 bridgehead atoms. The predicted octanol–water partition coefficient (Wildman–Crippen LogP) is 1.15. The second-order valence-corrected chi connectivity index (χ2v) is 3.35. The van der Waals surface area contributed by atoms with Crippen LogP contribution in [0.3, 0.4) is 0 Å². The second kappa shape index (κ2) is 3.09. The summed E-state index contributed by atoms with van der Waals surface area (Å²) in [6.07, 6.45) is 0. The maximum atomic E-state index is 4.89. The molecule has 10 heavy (non-hydrogen) atoms. The van der Waals surface area contributed by atoms with E-state index in [0.717, 1.165) is 10.7 Å². The van der Waals surface area contributed by atoms with Gasteiger partial charge in [-0.2, -0.15) is 0 Å². The Labute approximate surface area is 63.8 Å². The van der Waals surface area contributed by atoms with E-state index in [9.17, 15) is 0 Å². The van der Waals surface area contributed by atoms with Crippen molar-refractivity contribution in [2.24, 2.45) is 5.90 Å². The first-order valence-electron chi connectivity index (χ1n) is 2.98. The standard InChI is InChI=1S/C6H10N2OS/c1-4-5(2)10-6(8-4)3-9-7/h3,7H2,1-2H3. The van der Waals surface area contributed by atoms with Crippen LogP contribution in [-0.4, -0.2) is 4.98 Å². The Bertz CT molecular complexity index is 202. The highest BCUT2D eigenvalue weighted by molar-refractivity contribution is 7.11. The predicted molar refractivity (Wildman–Crippen MR) is 40.6 cm³/mol. The van der Waals surface area contributed by atoms with Crippen LogP contribution < -0.4 is 5.90 Å². The van der Waals surface area contributed by atoms with E-state index in [-0.39, 0.29) is 0 Å². The van der Waals surface area contributed by atoms with Crippen LogP contribution in [0.1, 0.15) is 15.6 Å². The molecule has 0 atom stereocenters. The summed E-state index contributed by atoms with van der Waals surface area (Å²) >= 11 is 1.62. The van der Waals surface area contributed by atoms with Crippen molar-refractivity contribution in [3.05, 3.63) is 15.6 Å². The fourth-order valence-corrected chi connectivity index (χ4v) is 1.53. The van der Waals surface area contributed by atoms with Gasteiger partial charge < -0.3 is 0 Å². The Morgan fingerprint density at radius 3 is 2.70 bits per heavy atom. The third-order valence-corrected chi connectivity index (χ3v) is 2.33. The number of hydrogen-bond donors (Lipinski definition) is 1. The molecule has 0 saturated heterocycles. The van der Waals surface area contributed by atoms with E-state index in [1.54, 1.807) is 11.3 Å². The first-order chi connectivity index (χ1) is 4.74. The van der Waals surface area contributed by atoms with Crippen molar-refractivity contribution in [3.8, 4) is 0 Å². The van der Waals surface area contributed by atoms with Gasteiger partial charge >= 0.3 is 0 Å². The van der Waals surface area contributed by atoms with Gasteiger partial charge in [0.15, 0.2) is 0 Å². The molecule has 0 aromatic carbocycles. The summed E-state index contributed by atoms with van der Waals surface area (Å²) in [6, 6.07) is 0. The van der Waals surface area contributed by atoms with Gasteiger partial charge in [0.1, 0.15) is 11.6 Å². The molecular weight excluding hydrogens is 148 g/mol. The van der Waals surface area contributed by atoms with Crippen molar-refractivity contribution in [1.29, 1.82) is 0 Å². The number of rotatable bonds is 2. The van der Waals surface area contributed by atoms with Crippen LogP contribution in [0, 0.1) is 13.8 Å². The summed E-state index contributed by atoms with van der Waals surface area (Å²) in [6.45, 7) is 4.43. The van der Waals surface area contributed by atoms with Gasteiger partial charge in [-0.25, -0.2) is 10.9 Å². The molecule has 1 aromatic rings. The molecule has 0 aliphatic carbocycles. The zero-order valence-corrected chi connectivity index (χ0v) is 6.86. The second-order valence-electron chi connectivity index (χ2n) is 2.06. The number of nitrogens with zero attached hydrogens (tertiary/aromatic N) is 1. The van der Waals surface area contributed by atoms with Crippen LogP contribution in [-0.2, 0) is 11.4 Å². The van der Waals surface area contributed by atoms with Crippen LogP contribution in [0.4, 0.5) is 0 Å². The molecule has 56 valence electrons. The molecule has 0 aliphatic rings. The van der Waals surface area contributed by atoms with Gasteiger partial charge in [0, 0.05) is 4.88 Å². The Kier molecular flexibility index (Phi) is 2.37. The van der Waals surface area contributed by atoms with Crippen LogP contribution in [0.5, 0.6) is 0 Å². The average Bonchev–Trinajstić information content (AvgIpc) is 2.14. The quantitative estimate of drug-likeness (QED) is 0.657. The maximum Gasteiger partial charge on any atom is 0.121 e. The topological polar surface area (TPSA) is 48.1 Å². The van der Waals surface area contributed by atoms with Crippen LogP contribution in [0.25, 0.3) is 0 Å². The molecule has 1 aromatic heterocycles. The Balaban J connectivity index is 2.77. The monoisotopic (exact) mass is 158 g/mol. The van der Waals surface area contributed by atoms with E-state index in [4.69, 9.17) is 5.90 Å². The number of nitrogens with two attached hydrogens (primary N) is 1. The van der Waals surface area contributed by atoms with Crippen molar-refractivity contribution in [1.82, 2.24) is 4.98 Å². The number of aryl methyl sites for hydroxylation is 2. The Morgan fingerprint density at radius 1 is 1.60 bits per heavy atom. The van der Waals surface area contributed by atoms with Gasteiger partial charge in [-0.1, -0.05) is 0 Å². The van der Waals surface area contributed by atoms with Crippen LogP contribution in [0.15, 0.2) is 0 Å². The zero-order chi connectivity index (χ0) is 7.56. The molecule has 1 rings (SSSR count). The summed E-state index contributed by atoms with van der Waals surface area (Å²) < 4.78 is 0. The SMILES string of the molecule is Cc1nc(CON)sc1C. The summed E-state index contributed by atoms with van der Waals surface area (Å²) in [7, 11) is 0. The first kappa shape index (κ1) is 7.65. The summed E-state index contributed by atoms with van der Waals surface area (Å²) in [5.74, 6) is 4.89. The van der Waals surface area contributed by atoms with Gasteiger partial charge in [-0.05, 0) is 13.8 Å². The van der Waals surface area contributed by atoms with Crippen LogP contribution in [0.2, 0.25) is 0 Å². The molecule has 2 N–H and O–H groups in total. The van der Waals surface area contributed by atoms with Crippen molar-refractivity contribution >= 4 is 11.3 Å². The largest absolute Gasteiger partial charge is 0.297 e. The lowest BCUT2D eigenvalue weighted by atomic mass is 10.4. The molecule has 0 radical (unpaired) electrons. The summed E-state index contributed by atoms with van der Waals surface area (Å²) in [5, 5.41) is 0.942. The highest BCUT2D eigenvalue weighted by atomic mass is 32.1. The third kappa shape index (κ3) is 1.53. The Morgan fingerprint density at radius 2 is 2.30 bits per heavy atom. The molecule has 0 spiro atoms. The maximum absolute atomic E-state index is 4.89. The number of hydrogen-bond acceptors (Lipinski definition) is 4. The van der Waals surface area contributed by atoms with Crippen molar-refractivity contribution in [2.45, 2.75) is 20.5 Å². The summed E-state index contributed by atoms with van der Waals surface area (Å²) in [5.41, 5.74) is 1.07. The summed E-state index contributed by atoms with van der Waals surface area (Å²) in [4.78, 5) is 9.89. The fourth-order valence-electron chi connectivity index (χ4n) is 0.672. The van der Waals surface area contributed by atoms with Crippen molar-refractivity contribution < 1.29 is 4.84 Å². The van der Waals surface area contributed by atoms with Gasteiger partial charge in [0.25, 0.3) is 0 Å². The minimum atomic E-state index is 0.416. The lowest BCUT2D eigenvalue weighted by molar-refractivity contribution is 0.124. The fraction of sp³-hybridized carbons (Fsp3) is 0.500. The molecular formula is C6H10N2OS. The molecule has 0 aliphatic heterocycles. The van der Waals surface area contributed by atoms with E-state index < -0.39 is 0 Å². The molecule has 0 saturated carbocycles. The highest BCUT2D eigenvalue weighted by Crippen LogP contribution is 2.16. The van der Waals surface area contributed by atoms with Gasteiger partial charge in [0.2, 0.25) is 0 Å². The molecule has 0 unspecified atom stereocenters. The van der Waals surface area contributed by atoms with Crippen LogP contribution >= 0.6 is 11.3 Å². The minimum Gasteiger partial charge on any atom is -0.297 e. The lowest BCUT2D eigenvalue weighted by Gasteiger charge is -1.87. The van der Waals surface area contributed by atoms with E-state index in [1.165, 1.54) is 4.88 Å². The zero-order valence-electron chi connectivity index (χ0n) is 6.05. The first-order valence-corrected chi connectivity index (χ1v) is 3.80. The third-order valence-electron chi connectivity index (χ3n) is 1.28. The smallest absolute Gasteiger partial charge is 0.121 e.